The minimum absolute atomic E-state index is 0.135. The van der Waals surface area contributed by atoms with Crippen LogP contribution in [0.15, 0.2) is 18.2 Å². The van der Waals surface area contributed by atoms with E-state index >= 15 is 0 Å². The topological polar surface area (TPSA) is 78.7 Å². The van der Waals surface area contributed by atoms with Crippen molar-refractivity contribution in [2.45, 2.75) is 19.4 Å². The van der Waals surface area contributed by atoms with Gasteiger partial charge in [0.2, 0.25) is 5.75 Å². The monoisotopic (exact) mass is 237 g/mol. The molecule has 0 aromatic heterocycles. The Balaban J connectivity index is 2.31. The fraction of sp³-hybridized carbons (Fsp3) is 0.364. The zero-order chi connectivity index (χ0) is 12.4. The van der Waals surface area contributed by atoms with Crippen LogP contribution >= 0.6 is 0 Å². The van der Waals surface area contributed by atoms with Gasteiger partial charge in [-0.05, 0) is 12.5 Å². The molecule has 1 atom stereocenters. The Morgan fingerprint density at radius 1 is 1.53 bits per heavy atom. The van der Waals surface area contributed by atoms with E-state index in [9.17, 15) is 14.9 Å². The lowest BCUT2D eigenvalue weighted by molar-refractivity contribution is -0.386. The fourth-order valence-corrected chi connectivity index (χ4v) is 1.66. The van der Waals surface area contributed by atoms with E-state index in [-0.39, 0.29) is 11.4 Å². The number of para-hydroxylation sites is 1. The summed E-state index contributed by atoms with van der Waals surface area (Å²) in [4.78, 5) is 21.6. The van der Waals surface area contributed by atoms with Gasteiger partial charge < -0.3 is 9.47 Å². The number of carbonyl (C=O) groups is 1. The zero-order valence-electron chi connectivity index (χ0n) is 9.21. The molecule has 1 unspecified atom stereocenters. The first-order chi connectivity index (χ1) is 8.09. The number of cyclic esters (lactones) is 1. The summed E-state index contributed by atoms with van der Waals surface area (Å²) >= 11 is 0. The lowest BCUT2D eigenvalue weighted by atomic mass is 10.2. The summed E-state index contributed by atoms with van der Waals surface area (Å²) < 4.78 is 10.1. The molecule has 0 amide bonds. The molecule has 1 aromatic carbocycles. The maximum absolute atomic E-state index is 11.3. The summed E-state index contributed by atoms with van der Waals surface area (Å²) in [7, 11) is 0. The van der Waals surface area contributed by atoms with Crippen LogP contribution in [-0.4, -0.2) is 23.6 Å². The molecule has 0 bridgehead atoms. The average Bonchev–Trinajstić information content (AvgIpc) is 2.67. The molecule has 0 saturated carbocycles. The standard InChI is InChI=1S/C11H11NO5/c1-7-3-2-4-8(12(14)15)10(7)17-9-5-6-16-11(9)13/h2-4,9H,5-6H2,1H3. The van der Waals surface area contributed by atoms with E-state index in [1.165, 1.54) is 6.07 Å². The Bertz CT molecular complexity index is 471. The molecule has 17 heavy (non-hydrogen) atoms. The van der Waals surface area contributed by atoms with Crippen LogP contribution in [0.3, 0.4) is 0 Å². The van der Waals surface area contributed by atoms with E-state index in [2.05, 4.69) is 0 Å². The minimum atomic E-state index is -0.741. The van der Waals surface area contributed by atoms with Gasteiger partial charge in [0, 0.05) is 12.5 Å². The highest BCUT2D eigenvalue weighted by Crippen LogP contribution is 2.32. The first-order valence-corrected chi connectivity index (χ1v) is 5.17. The molecule has 0 radical (unpaired) electrons. The van der Waals surface area contributed by atoms with Crippen molar-refractivity contribution < 1.29 is 19.2 Å². The number of nitrogens with zero attached hydrogens (tertiary/aromatic N) is 1. The highest BCUT2D eigenvalue weighted by molar-refractivity contribution is 5.77. The van der Waals surface area contributed by atoms with E-state index in [0.29, 0.717) is 18.6 Å². The van der Waals surface area contributed by atoms with Gasteiger partial charge in [-0.15, -0.1) is 0 Å². The largest absolute Gasteiger partial charge is 0.471 e. The maximum atomic E-state index is 11.3. The zero-order valence-corrected chi connectivity index (χ0v) is 9.21. The summed E-state index contributed by atoms with van der Waals surface area (Å²) in [6, 6.07) is 4.62. The molecular weight excluding hydrogens is 226 g/mol. The second kappa shape index (κ2) is 4.40. The number of nitro groups is 1. The molecule has 1 aliphatic heterocycles. The molecule has 6 nitrogen and oxygen atoms in total. The molecule has 0 N–H and O–H groups in total. The van der Waals surface area contributed by atoms with Crippen LogP contribution in [0, 0.1) is 17.0 Å². The third-order valence-electron chi connectivity index (χ3n) is 2.54. The maximum Gasteiger partial charge on any atom is 0.347 e. The van der Waals surface area contributed by atoms with Gasteiger partial charge in [0.05, 0.1) is 11.5 Å². The Labute approximate surface area is 97.3 Å². The molecule has 1 aromatic rings. The van der Waals surface area contributed by atoms with Gasteiger partial charge >= 0.3 is 11.7 Å². The molecule has 0 spiro atoms. The summed E-state index contributed by atoms with van der Waals surface area (Å²) in [6.45, 7) is 1.99. The lowest BCUT2D eigenvalue weighted by Crippen LogP contribution is -2.22. The molecule has 1 heterocycles. The van der Waals surface area contributed by atoms with Gasteiger partial charge in [-0.25, -0.2) is 4.79 Å². The number of rotatable bonds is 3. The Hall–Kier alpha value is -2.11. The molecular formula is C11H11NO5. The Morgan fingerprint density at radius 2 is 2.29 bits per heavy atom. The van der Waals surface area contributed by atoms with Crippen molar-refractivity contribution in [3.05, 3.63) is 33.9 Å². The van der Waals surface area contributed by atoms with Crippen molar-refractivity contribution in [3.63, 3.8) is 0 Å². The molecule has 1 fully saturated rings. The first-order valence-electron chi connectivity index (χ1n) is 5.17. The Kier molecular flexibility index (Phi) is 2.95. The van der Waals surface area contributed by atoms with E-state index in [1.807, 2.05) is 0 Å². The normalized spacial score (nSPS) is 18.9. The van der Waals surface area contributed by atoms with Crippen LogP contribution in [0.5, 0.6) is 5.75 Å². The van der Waals surface area contributed by atoms with Gasteiger partial charge in [-0.1, -0.05) is 12.1 Å². The molecule has 90 valence electrons. The minimum Gasteiger partial charge on any atom is -0.471 e. The highest BCUT2D eigenvalue weighted by atomic mass is 16.6. The third kappa shape index (κ3) is 2.20. The summed E-state index contributed by atoms with van der Waals surface area (Å²) in [5, 5.41) is 10.8. The highest BCUT2D eigenvalue weighted by Gasteiger charge is 2.31. The molecule has 1 saturated heterocycles. The number of ether oxygens (including phenoxy) is 2. The van der Waals surface area contributed by atoms with Crippen molar-refractivity contribution in [1.82, 2.24) is 0 Å². The summed E-state index contributed by atoms with van der Waals surface area (Å²) in [6.07, 6.45) is -0.320. The summed E-state index contributed by atoms with van der Waals surface area (Å²) in [5.41, 5.74) is 0.489. The molecule has 0 aliphatic carbocycles. The van der Waals surface area contributed by atoms with Crippen molar-refractivity contribution in [1.29, 1.82) is 0 Å². The average molecular weight is 237 g/mol. The number of nitro benzene ring substituents is 1. The van der Waals surface area contributed by atoms with Crippen molar-refractivity contribution in [2.75, 3.05) is 6.61 Å². The molecule has 2 rings (SSSR count). The Morgan fingerprint density at radius 3 is 2.88 bits per heavy atom. The number of aryl methyl sites for hydroxylation is 1. The van der Waals surface area contributed by atoms with Gasteiger partial charge in [0.1, 0.15) is 0 Å². The predicted octanol–water partition coefficient (Wildman–Crippen LogP) is 1.60. The van der Waals surface area contributed by atoms with Crippen molar-refractivity contribution >= 4 is 11.7 Å². The quantitative estimate of drug-likeness (QED) is 0.453. The van der Waals surface area contributed by atoms with Crippen LogP contribution in [-0.2, 0) is 9.53 Å². The predicted molar refractivity (Wildman–Crippen MR) is 57.8 cm³/mol. The lowest BCUT2D eigenvalue weighted by Gasteiger charge is -2.12. The van der Waals surface area contributed by atoms with Crippen molar-refractivity contribution in [3.8, 4) is 5.75 Å². The number of hydrogen-bond acceptors (Lipinski definition) is 5. The number of hydrogen-bond donors (Lipinski definition) is 0. The molecule has 6 heteroatoms. The van der Waals surface area contributed by atoms with E-state index in [4.69, 9.17) is 9.47 Å². The second-order valence-electron chi connectivity index (χ2n) is 3.74. The van der Waals surface area contributed by atoms with Crippen LogP contribution in [0.1, 0.15) is 12.0 Å². The molecule has 1 aliphatic rings. The van der Waals surface area contributed by atoms with Crippen LogP contribution < -0.4 is 4.74 Å². The number of esters is 1. The van der Waals surface area contributed by atoms with Crippen molar-refractivity contribution in [2.24, 2.45) is 0 Å². The van der Waals surface area contributed by atoms with Gasteiger partial charge in [0.25, 0.3) is 0 Å². The van der Waals surface area contributed by atoms with E-state index in [0.717, 1.165) is 0 Å². The number of benzene rings is 1. The van der Waals surface area contributed by atoms with E-state index in [1.54, 1.807) is 19.1 Å². The third-order valence-corrected chi connectivity index (χ3v) is 2.54. The van der Waals surface area contributed by atoms with Gasteiger partial charge in [-0.3, -0.25) is 10.1 Å². The van der Waals surface area contributed by atoms with Crippen LogP contribution in [0.4, 0.5) is 5.69 Å². The fourth-order valence-electron chi connectivity index (χ4n) is 1.66. The second-order valence-corrected chi connectivity index (χ2v) is 3.74. The smallest absolute Gasteiger partial charge is 0.347 e. The van der Waals surface area contributed by atoms with Crippen LogP contribution in [0.25, 0.3) is 0 Å². The summed E-state index contributed by atoms with van der Waals surface area (Å²) in [5.74, 6) is -0.330. The van der Waals surface area contributed by atoms with Gasteiger partial charge in [0.15, 0.2) is 6.10 Å². The van der Waals surface area contributed by atoms with Gasteiger partial charge in [-0.2, -0.15) is 0 Å². The van der Waals surface area contributed by atoms with E-state index < -0.39 is 17.0 Å². The van der Waals surface area contributed by atoms with Crippen LogP contribution in [0.2, 0.25) is 0 Å². The first kappa shape index (κ1) is 11.4. The number of carbonyl (C=O) groups excluding carboxylic acids is 1. The SMILES string of the molecule is Cc1cccc([N+](=O)[O-])c1OC1CCOC1=O.